The zero-order chi connectivity index (χ0) is 19.1. The Hall–Kier alpha value is -2.24. The van der Waals surface area contributed by atoms with E-state index in [-0.39, 0.29) is 11.9 Å². The van der Waals surface area contributed by atoms with E-state index in [1.54, 1.807) is 12.0 Å². The van der Waals surface area contributed by atoms with E-state index < -0.39 is 0 Å². The van der Waals surface area contributed by atoms with Crippen LogP contribution >= 0.6 is 0 Å². The van der Waals surface area contributed by atoms with Gasteiger partial charge in [-0.25, -0.2) is 4.79 Å². The molecule has 1 aromatic carbocycles. The van der Waals surface area contributed by atoms with E-state index >= 15 is 0 Å². The summed E-state index contributed by atoms with van der Waals surface area (Å²) in [5, 5.41) is 2.88. The SMILES string of the molecule is CCCNC(=O)N1CCN(C(=O)Cc2ccc(C(C)C)cc2OC)CC1. The Morgan fingerprint density at radius 3 is 2.38 bits per heavy atom. The molecule has 1 fully saturated rings. The van der Waals surface area contributed by atoms with Gasteiger partial charge in [-0.1, -0.05) is 32.9 Å². The molecule has 0 bridgehead atoms. The maximum Gasteiger partial charge on any atom is 0.317 e. The number of rotatable bonds is 6. The molecule has 0 aromatic heterocycles. The number of amides is 3. The third-order valence-electron chi connectivity index (χ3n) is 4.77. The van der Waals surface area contributed by atoms with E-state index in [0.717, 1.165) is 17.7 Å². The highest BCUT2D eigenvalue weighted by atomic mass is 16.5. The van der Waals surface area contributed by atoms with Crippen molar-refractivity contribution < 1.29 is 14.3 Å². The van der Waals surface area contributed by atoms with E-state index in [1.807, 2.05) is 24.0 Å². The molecule has 6 nitrogen and oxygen atoms in total. The largest absolute Gasteiger partial charge is 0.496 e. The lowest BCUT2D eigenvalue weighted by Crippen LogP contribution is -2.53. The average molecular weight is 361 g/mol. The molecular formula is C20H31N3O3. The summed E-state index contributed by atoms with van der Waals surface area (Å²) in [6.45, 7) is 9.28. The number of methoxy groups -OCH3 is 1. The fourth-order valence-electron chi connectivity index (χ4n) is 3.04. The second kappa shape index (κ2) is 9.46. The van der Waals surface area contributed by atoms with E-state index in [0.29, 0.717) is 45.1 Å². The van der Waals surface area contributed by atoms with Crippen LogP contribution in [0, 0.1) is 0 Å². The van der Waals surface area contributed by atoms with E-state index in [2.05, 4.69) is 25.2 Å². The van der Waals surface area contributed by atoms with Crippen LogP contribution in [-0.4, -0.2) is 61.6 Å². The van der Waals surface area contributed by atoms with Crippen LogP contribution in [0.2, 0.25) is 0 Å². The zero-order valence-corrected chi connectivity index (χ0v) is 16.4. The van der Waals surface area contributed by atoms with Crippen molar-refractivity contribution in [2.24, 2.45) is 0 Å². The minimum atomic E-state index is -0.0371. The number of carbonyl (C=O) groups is 2. The molecule has 2 rings (SSSR count). The van der Waals surface area contributed by atoms with Gasteiger partial charge in [0.25, 0.3) is 0 Å². The maximum atomic E-state index is 12.7. The molecule has 1 aliphatic heterocycles. The van der Waals surface area contributed by atoms with E-state index in [9.17, 15) is 9.59 Å². The highest BCUT2D eigenvalue weighted by molar-refractivity contribution is 5.80. The molecule has 1 aliphatic rings. The minimum Gasteiger partial charge on any atom is -0.496 e. The smallest absolute Gasteiger partial charge is 0.317 e. The lowest BCUT2D eigenvalue weighted by molar-refractivity contribution is -0.131. The fraction of sp³-hybridized carbons (Fsp3) is 0.600. The molecular weight excluding hydrogens is 330 g/mol. The Bertz CT molecular complexity index is 623. The Balaban J connectivity index is 1.92. The Morgan fingerprint density at radius 2 is 1.81 bits per heavy atom. The van der Waals surface area contributed by atoms with Crippen molar-refractivity contribution >= 4 is 11.9 Å². The van der Waals surface area contributed by atoms with Crippen molar-refractivity contribution in [3.8, 4) is 5.75 Å². The predicted molar refractivity (Wildman–Crippen MR) is 103 cm³/mol. The third kappa shape index (κ3) is 5.13. The van der Waals surface area contributed by atoms with Crippen molar-refractivity contribution in [2.45, 2.75) is 39.5 Å². The summed E-state index contributed by atoms with van der Waals surface area (Å²) in [4.78, 5) is 28.3. The van der Waals surface area contributed by atoms with Crippen LogP contribution in [0.25, 0.3) is 0 Å². The normalized spacial score (nSPS) is 14.5. The first-order valence-corrected chi connectivity index (χ1v) is 9.43. The molecule has 0 radical (unpaired) electrons. The standard InChI is InChI=1S/C20H31N3O3/c1-5-8-21-20(25)23-11-9-22(10-12-23)19(24)14-17-7-6-16(15(2)3)13-18(17)26-4/h6-7,13,15H,5,8-12,14H2,1-4H3,(H,21,25). The summed E-state index contributed by atoms with van der Waals surface area (Å²) in [5.74, 6) is 1.26. The number of ether oxygens (including phenoxy) is 1. The summed E-state index contributed by atoms with van der Waals surface area (Å²) in [7, 11) is 1.64. The van der Waals surface area contributed by atoms with Crippen molar-refractivity contribution in [1.29, 1.82) is 0 Å². The molecule has 0 unspecified atom stereocenters. The monoisotopic (exact) mass is 361 g/mol. The van der Waals surface area contributed by atoms with Gasteiger partial charge in [0.2, 0.25) is 5.91 Å². The molecule has 144 valence electrons. The summed E-state index contributed by atoms with van der Waals surface area (Å²) in [6, 6.07) is 6.03. The topological polar surface area (TPSA) is 61.9 Å². The second-order valence-corrected chi connectivity index (χ2v) is 7.00. The molecule has 0 atom stereocenters. The van der Waals surface area contributed by atoms with Crippen LogP contribution in [0.1, 0.15) is 44.2 Å². The summed E-state index contributed by atoms with van der Waals surface area (Å²) in [5.41, 5.74) is 2.11. The first-order valence-electron chi connectivity index (χ1n) is 9.43. The van der Waals surface area contributed by atoms with Gasteiger partial charge in [0, 0.05) is 38.3 Å². The number of piperazine rings is 1. The van der Waals surface area contributed by atoms with Crippen LogP contribution in [0.15, 0.2) is 18.2 Å². The number of nitrogens with one attached hydrogen (secondary N) is 1. The maximum absolute atomic E-state index is 12.7. The summed E-state index contributed by atoms with van der Waals surface area (Å²) in [6.07, 6.45) is 1.24. The number of benzene rings is 1. The quantitative estimate of drug-likeness (QED) is 0.847. The highest BCUT2D eigenvalue weighted by Gasteiger charge is 2.24. The van der Waals surface area contributed by atoms with E-state index in [4.69, 9.17) is 4.74 Å². The summed E-state index contributed by atoms with van der Waals surface area (Å²) >= 11 is 0. The Morgan fingerprint density at radius 1 is 1.15 bits per heavy atom. The van der Waals surface area contributed by atoms with Gasteiger partial charge in [0.15, 0.2) is 0 Å². The molecule has 1 N–H and O–H groups in total. The number of urea groups is 1. The zero-order valence-electron chi connectivity index (χ0n) is 16.4. The van der Waals surface area contributed by atoms with Gasteiger partial charge in [-0.2, -0.15) is 0 Å². The van der Waals surface area contributed by atoms with Gasteiger partial charge in [-0.05, 0) is 24.0 Å². The van der Waals surface area contributed by atoms with Crippen molar-refractivity contribution in [2.75, 3.05) is 39.8 Å². The molecule has 0 spiro atoms. The Labute approximate surface area is 156 Å². The van der Waals surface area contributed by atoms with Crippen LogP contribution in [0.3, 0.4) is 0 Å². The highest BCUT2D eigenvalue weighted by Crippen LogP contribution is 2.25. The fourth-order valence-corrected chi connectivity index (χ4v) is 3.04. The van der Waals surface area contributed by atoms with Gasteiger partial charge in [0.05, 0.1) is 13.5 Å². The van der Waals surface area contributed by atoms with Crippen LogP contribution in [-0.2, 0) is 11.2 Å². The van der Waals surface area contributed by atoms with Crippen LogP contribution in [0.5, 0.6) is 5.75 Å². The number of nitrogens with zero attached hydrogens (tertiary/aromatic N) is 2. The first-order chi connectivity index (χ1) is 12.5. The molecule has 6 heteroatoms. The molecule has 0 saturated carbocycles. The number of hydrogen-bond donors (Lipinski definition) is 1. The lowest BCUT2D eigenvalue weighted by Gasteiger charge is -2.34. The first kappa shape index (κ1) is 20.1. The third-order valence-corrected chi connectivity index (χ3v) is 4.77. The van der Waals surface area contributed by atoms with Crippen molar-refractivity contribution in [3.63, 3.8) is 0 Å². The number of hydrogen-bond acceptors (Lipinski definition) is 3. The average Bonchev–Trinajstić information content (AvgIpc) is 2.66. The van der Waals surface area contributed by atoms with Gasteiger partial charge in [-0.3, -0.25) is 4.79 Å². The van der Waals surface area contributed by atoms with Gasteiger partial charge in [-0.15, -0.1) is 0 Å². The molecule has 26 heavy (non-hydrogen) atoms. The molecule has 1 aromatic rings. The van der Waals surface area contributed by atoms with Gasteiger partial charge >= 0.3 is 6.03 Å². The predicted octanol–water partition coefficient (Wildman–Crippen LogP) is 2.62. The molecule has 1 saturated heterocycles. The lowest BCUT2D eigenvalue weighted by atomic mass is 9.99. The van der Waals surface area contributed by atoms with Crippen molar-refractivity contribution in [1.82, 2.24) is 15.1 Å². The molecule has 3 amide bonds. The van der Waals surface area contributed by atoms with Gasteiger partial charge < -0.3 is 19.9 Å². The van der Waals surface area contributed by atoms with Crippen LogP contribution < -0.4 is 10.1 Å². The van der Waals surface area contributed by atoms with Crippen molar-refractivity contribution in [3.05, 3.63) is 29.3 Å². The second-order valence-electron chi connectivity index (χ2n) is 7.00. The summed E-state index contributed by atoms with van der Waals surface area (Å²) < 4.78 is 5.48. The molecule has 1 heterocycles. The van der Waals surface area contributed by atoms with Crippen LogP contribution in [0.4, 0.5) is 4.79 Å². The number of carbonyl (C=O) groups excluding carboxylic acids is 2. The Kier molecular flexibility index (Phi) is 7.30. The van der Waals surface area contributed by atoms with Gasteiger partial charge in [0.1, 0.15) is 5.75 Å². The minimum absolute atomic E-state index is 0.0371. The van der Waals surface area contributed by atoms with E-state index in [1.165, 1.54) is 5.56 Å². The molecule has 0 aliphatic carbocycles.